The van der Waals surface area contributed by atoms with Crippen molar-refractivity contribution in [3.8, 4) is 0 Å². The van der Waals surface area contributed by atoms with E-state index in [1.807, 2.05) is 64.2 Å². The van der Waals surface area contributed by atoms with Crippen LogP contribution in [-0.4, -0.2) is 21.9 Å². The van der Waals surface area contributed by atoms with Gasteiger partial charge in [0.2, 0.25) is 5.91 Å². The highest BCUT2D eigenvalue weighted by molar-refractivity contribution is 5.94. The Morgan fingerprint density at radius 3 is 2.45 bits per heavy atom. The van der Waals surface area contributed by atoms with Crippen molar-refractivity contribution in [2.75, 3.05) is 5.32 Å². The summed E-state index contributed by atoms with van der Waals surface area (Å²) in [4.78, 5) is 20.8. The molecule has 0 saturated heterocycles. The predicted molar refractivity (Wildman–Crippen MR) is 87.6 cm³/mol. The molecule has 0 unspecified atom stereocenters. The molecule has 2 rings (SSSR count). The third kappa shape index (κ3) is 4.11. The summed E-state index contributed by atoms with van der Waals surface area (Å²) in [6.45, 7) is 7.67. The second-order valence-corrected chi connectivity index (χ2v) is 5.42. The Balaban J connectivity index is 1.98. The maximum atomic E-state index is 12.2. The van der Waals surface area contributed by atoms with E-state index in [1.165, 1.54) is 0 Å². The van der Waals surface area contributed by atoms with Gasteiger partial charge >= 0.3 is 0 Å². The number of anilines is 1. The van der Waals surface area contributed by atoms with E-state index in [4.69, 9.17) is 0 Å². The molecule has 0 saturated carbocycles. The maximum absolute atomic E-state index is 12.2. The predicted octanol–water partition coefficient (Wildman–Crippen LogP) is 2.77. The minimum atomic E-state index is -0.323. The SMILES string of the molecule is Cc1ncc([C@H](C)N[C@@H](C)C(=O)Nc2ccccc2)c(C)n1. The third-order valence-corrected chi connectivity index (χ3v) is 3.54. The molecule has 1 aromatic heterocycles. The van der Waals surface area contributed by atoms with E-state index >= 15 is 0 Å². The van der Waals surface area contributed by atoms with Crippen LogP contribution >= 0.6 is 0 Å². The van der Waals surface area contributed by atoms with Crippen molar-refractivity contribution in [2.45, 2.75) is 39.8 Å². The number of amides is 1. The highest BCUT2D eigenvalue weighted by Gasteiger charge is 2.18. The fourth-order valence-corrected chi connectivity index (χ4v) is 2.33. The number of carbonyl (C=O) groups excluding carboxylic acids is 1. The van der Waals surface area contributed by atoms with E-state index in [0.29, 0.717) is 0 Å². The van der Waals surface area contributed by atoms with Crippen molar-refractivity contribution in [3.05, 3.63) is 53.6 Å². The fraction of sp³-hybridized carbons (Fsp3) is 0.353. The molecule has 5 nitrogen and oxygen atoms in total. The molecule has 116 valence electrons. The molecule has 0 aliphatic rings. The van der Waals surface area contributed by atoms with E-state index in [1.54, 1.807) is 0 Å². The van der Waals surface area contributed by atoms with Crippen molar-refractivity contribution < 1.29 is 4.79 Å². The molecule has 2 aromatic rings. The zero-order chi connectivity index (χ0) is 16.1. The molecule has 2 atom stereocenters. The van der Waals surface area contributed by atoms with Crippen LogP contribution in [0, 0.1) is 13.8 Å². The summed E-state index contributed by atoms with van der Waals surface area (Å²) in [6.07, 6.45) is 1.82. The van der Waals surface area contributed by atoms with E-state index in [9.17, 15) is 4.79 Å². The van der Waals surface area contributed by atoms with Gasteiger partial charge in [0.25, 0.3) is 0 Å². The quantitative estimate of drug-likeness (QED) is 0.890. The first-order chi connectivity index (χ1) is 10.5. The van der Waals surface area contributed by atoms with Gasteiger partial charge in [0.05, 0.1) is 6.04 Å². The summed E-state index contributed by atoms with van der Waals surface area (Å²) in [5.41, 5.74) is 2.73. The molecule has 0 radical (unpaired) electrons. The zero-order valence-electron chi connectivity index (χ0n) is 13.4. The second-order valence-electron chi connectivity index (χ2n) is 5.42. The van der Waals surface area contributed by atoms with E-state index in [0.717, 1.165) is 22.8 Å². The second kappa shape index (κ2) is 7.13. The van der Waals surface area contributed by atoms with E-state index in [2.05, 4.69) is 20.6 Å². The Bertz CT molecular complexity index is 642. The first-order valence-corrected chi connectivity index (χ1v) is 7.39. The zero-order valence-corrected chi connectivity index (χ0v) is 13.4. The number of rotatable bonds is 5. The van der Waals surface area contributed by atoms with Gasteiger partial charge in [0, 0.05) is 29.2 Å². The van der Waals surface area contributed by atoms with Gasteiger partial charge in [-0.05, 0) is 39.8 Å². The number of nitrogens with one attached hydrogen (secondary N) is 2. The van der Waals surface area contributed by atoms with Gasteiger partial charge in [-0.1, -0.05) is 18.2 Å². The molecule has 1 heterocycles. The average Bonchev–Trinajstić information content (AvgIpc) is 2.47. The molecule has 1 aromatic carbocycles. The lowest BCUT2D eigenvalue weighted by molar-refractivity contribution is -0.117. The number of hydrogen-bond donors (Lipinski definition) is 2. The van der Waals surface area contributed by atoms with Crippen LogP contribution in [0.15, 0.2) is 36.5 Å². The van der Waals surface area contributed by atoms with Crippen LogP contribution < -0.4 is 10.6 Å². The summed E-state index contributed by atoms with van der Waals surface area (Å²) < 4.78 is 0. The van der Waals surface area contributed by atoms with Gasteiger partial charge in [-0.25, -0.2) is 9.97 Å². The molecule has 0 spiro atoms. The molecule has 2 N–H and O–H groups in total. The molecular formula is C17H22N4O. The highest BCUT2D eigenvalue weighted by atomic mass is 16.2. The first kappa shape index (κ1) is 16.1. The van der Waals surface area contributed by atoms with E-state index in [-0.39, 0.29) is 18.0 Å². The van der Waals surface area contributed by atoms with E-state index < -0.39 is 0 Å². The third-order valence-electron chi connectivity index (χ3n) is 3.54. The van der Waals surface area contributed by atoms with Gasteiger partial charge in [-0.15, -0.1) is 0 Å². The summed E-state index contributed by atoms with van der Waals surface area (Å²) in [5.74, 6) is 0.687. The topological polar surface area (TPSA) is 66.9 Å². The Morgan fingerprint density at radius 1 is 1.14 bits per heavy atom. The van der Waals surface area contributed by atoms with Crippen molar-refractivity contribution in [1.29, 1.82) is 0 Å². The Kier molecular flexibility index (Phi) is 5.22. The Morgan fingerprint density at radius 2 is 1.82 bits per heavy atom. The lowest BCUT2D eigenvalue weighted by Gasteiger charge is -2.21. The number of benzene rings is 1. The van der Waals surface area contributed by atoms with Crippen LogP contribution in [0.5, 0.6) is 0 Å². The van der Waals surface area contributed by atoms with Crippen molar-refractivity contribution in [2.24, 2.45) is 0 Å². The molecule has 5 heteroatoms. The molecule has 0 aliphatic carbocycles. The number of nitrogens with zero attached hydrogens (tertiary/aromatic N) is 2. The lowest BCUT2D eigenvalue weighted by atomic mass is 10.1. The number of aryl methyl sites for hydroxylation is 2. The molecule has 0 bridgehead atoms. The van der Waals surface area contributed by atoms with Crippen LogP contribution in [-0.2, 0) is 4.79 Å². The summed E-state index contributed by atoms with van der Waals surface area (Å²) in [5, 5.41) is 6.17. The van der Waals surface area contributed by atoms with Gasteiger partial charge < -0.3 is 5.32 Å². The van der Waals surface area contributed by atoms with Crippen molar-refractivity contribution >= 4 is 11.6 Å². The van der Waals surface area contributed by atoms with Crippen LogP contribution in [0.25, 0.3) is 0 Å². The first-order valence-electron chi connectivity index (χ1n) is 7.39. The van der Waals surface area contributed by atoms with Crippen LogP contribution in [0.2, 0.25) is 0 Å². The fourth-order valence-electron chi connectivity index (χ4n) is 2.33. The van der Waals surface area contributed by atoms with Gasteiger partial charge in [-0.3, -0.25) is 10.1 Å². The number of aromatic nitrogens is 2. The highest BCUT2D eigenvalue weighted by Crippen LogP contribution is 2.15. The summed E-state index contributed by atoms with van der Waals surface area (Å²) in [6, 6.07) is 9.11. The number of hydrogen-bond acceptors (Lipinski definition) is 4. The molecule has 22 heavy (non-hydrogen) atoms. The normalized spacial score (nSPS) is 13.5. The smallest absolute Gasteiger partial charge is 0.241 e. The van der Waals surface area contributed by atoms with Crippen LogP contribution in [0.1, 0.15) is 37.0 Å². The van der Waals surface area contributed by atoms with Gasteiger partial charge in [0.1, 0.15) is 5.82 Å². The van der Waals surface area contributed by atoms with Gasteiger partial charge in [0.15, 0.2) is 0 Å². The molecule has 1 amide bonds. The minimum absolute atomic E-state index is 0.00266. The Hall–Kier alpha value is -2.27. The molecule has 0 fully saturated rings. The van der Waals surface area contributed by atoms with Crippen LogP contribution in [0.3, 0.4) is 0 Å². The lowest BCUT2D eigenvalue weighted by Crippen LogP contribution is -2.39. The largest absolute Gasteiger partial charge is 0.325 e. The summed E-state index contributed by atoms with van der Waals surface area (Å²) >= 11 is 0. The molecule has 0 aliphatic heterocycles. The standard InChI is InChI=1S/C17H22N4O/c1-11(16-10-18-14(4)20-12(16)2)19-13(3)17(22)21-15-8-6-5-7-9-15/h5-11,13,19H,1-4H3,(H,21,22)/t11-,13-/m0/s1. The van der Waals surface area contributed by atoms with Crippen molar-refractivity contribution in [1.82, 2.24) is 15.3 Å². The van der Waals surface area contributed by atoms with Gasteiger partial charge in [-0.2, -0.15) is 0 Å². The summed E-state index contributed by atoms with van der Waals surface area (Å²) in [7, 11) is 0. The number of para-hydroxylation sites is 1. The average molecular weight is 298 g/mol. The van der Waals surface area contributed by atoms with Crippen LogP contribution in [0.4, 0.5) is 5.69 Å². The monoisotopic (exact) mass is 298 g/mol. The molecular weight excluding hydrogens is 276 g/mol. The number of carbonyl (C=O) groups is 1. The Labute approximate surface area is 131 Å². The maximum Gasteiger partial charge on any atom is 0.241 e. The minimum Gasteiger partial charge on any atom is -0.325 e. The van der Waals surface area contributed by atoms with Crippen molar-refractivity contribution in [3.63, 3.8) is 0 Å².